The molecular formula is C9H13ClN4O2. The van der Waals surface area contributed by atoms with Crippen LogP contribution in [0.4, 0.5) is 11.5 Å². The van der Waals surface area contributed by atoms with Crippen LogP contribution in [0.25, 0.3) is 0 Å². The molecule has 0 spiro atoms. The summed E-state index contributed by atoms with van der Waals surface area (Å²) in [6.45, 7) is 2.75. The molecule has 0 bridgehead atoms. The molecule has 0 fully saturated rings. The average Bonchev–Trinajstić information content (AvgIpc) is 2.24. The molecule has 7 heteroatoms. The molecule has 1 rings (SSSR count). The van der Waals surface area contributed by atoms with Gasteiger partial charge < -0.3 is 4.90 Å². The monoisotopic (exact) mass is 244 g/mol. The number of hydrogen-bond donors (Lipinski definition) is 0. The number of anilines is 1. The summed E-state index contributed by atoms with van der Waals surface area (Å²) >= 11 is 5.68. The molecule has 0 amide bonds. The third kappa shape index (κ3) is 2.79. The van der Waals surface area contributed by atoms with Crippen molar-refractivity contribution in [3.63, 3.8) is 0 Å². The Morgan fingerprint density at radius 1 is 1.56 bits per heavy atom. The first-order valence-electron chi connectivity index (χ1n) is 4.94. The lowest BCUT2D eigenvalue weighted by atomic mass is 10.3. The third-order valence-corrected chi connectivity index (χ3v) is 2.43. The van der Waals surface area contributed by atoms with E-state index >= 15 is 0 Å². The molecule has 0 saturated heterocycles. The third-order valence-electron chi connectivity index (χ3n) is 2.15. The van der Waals surface area contributed by atoms with Crippen molar-refractivity contribution in [1.29, 1.82) is 0 Å². The quantitative estimate of drug-likeness (QED) is 0.451. The number of halogens is 1. The summed E-state index contributed by atoms with van der Waals surface area (Å²) in [6.07, 6.45) is 3.18. The van der Waals surface area contributed by atoms with Crippen LogP contribution in [0.1, 0.15) is 19.8 Å². The summed E-state index contributed by atoms with van der Waals surface area (Å²) in [7, 11) is 1.75. The number of hydrogen-bond acceptors (Lipinski definition) is 5. The van der Waals surface area contributed by atoms with E-state index in [9.17, 15) is 10.1 Å². The van der Waals surface area contributed by atoms with Gasteiger partial charge in [-0.1, -0.05) is 24.9 Å². The normalized spacial score (nSPS) is 10.2. The molecule has 0 unspecified atom stereocenters. The van der Waals surface area contributed by atoms with Crippen LogP contribution in [0, 0.1) is 10.1 Å². The highest BCUT2D eigenvalue weighted by Gasteiger charge is 2.23. The van der Waals surface area contributed by atoms with Gasteiger partial charge in [-0.15, -0.1) is 0 Å². The van der Waals surface area contributed by atoms with Crippen molar-refractivity contribution in [3.05, 3.63) is 21.6 Å². The minimum Gasteiger partial charge on any atom is -0.354 e. The van der Waals surface area contributed by atoms with Crippen molar-refractivity contribution >= 4 is 23.1 Å². The van der Waals surface area contributed by atoms with Gasteiger partial charge in [-0.2, -0.15) is 0 Å². The van der Waals surface area contributed by atoms with Gasteiger partial charge in [0.05, 0.1) is 4.92 Å². The van der Waals surface area contributed by atoms with E-state index in [2.05, 4.69) is 16.9 Å². The zero-order valence-electron chi connectivity index (χ0n) is 9.18. The molecule has 1 heterocycles. The van der Waals surface area contributed by atoms with Gasteiger partial charge in [0.2, 0.25) is 11.0 Å². The first kappa shape index (κ1) is 12.6. The van der Waals surface area contributed by atoms with Crippen LogP contribution in [0.15, 0.2) is 6.33 Å². The second kappa shape index (κ2) is 5.60. The van der Waals surface area contributed by atoms with Crippen molar-refractivity contribution in [3.8, 4) is 0 Å². The minimum atomic E-state index is -0.555. The molecule has 0 aliphatic carbocycles. The lowest BCUT2D eigenvalue weighted by Crippen LogP contribution is -2.21. The fourth-order valence-corrected chi connectivity index (χ4v) is 1.48. The minimum absolute atomic E-state index is 0.127. The van der Waals surface area contributed by atoms with E-state index in [0.29, 0.717) is 6.54 Å². The molecule has 0 atom stereocenters. The predicted molar refractivity (Wildman–Crippen MR) is 61.9 cm³/mol. The Morgan fingerprint density at radius 3 is 2.81 bits per heavy atom. The summed E-state index contributed by atoms with van der Waals surface area (Å²) in [6, 6.07) is 0. The molecule has 16 heavy (non-hydrogen) atoms. The lowest BCUT2D eigenvalue weighted by Gasteiger charge is -2.17. The molecule has 1 aromatic rings. The van der Waals surface area contributed by atoms with Gasteiger partial charge in [0.25, 0.3) is 0 Å². The Kier molecular flexibility index (Phi) is 4.42. The molecule has 88 valence electrons. The van der Waals surface area contributed by atoms with Gasteiger partial charge in [-0.05, 0) is 6.42 Å². The standard InChI is InChI=1S/C9H13ClN4O2/c1-3-4-5-13(2)9-7(14(15)16)8(10)11-6-12-9/h6H,3-5H2,1-2H3. The Hall–Kier alpha value is -1.43. The smallest absolute Gasteiger partial charge is 0.348 e. The second-order valence-corrected chi connectivity index (χ2v) is 3.73. The highest BCUT2D eigenvalue weighted by molar-refractivity contribution is 6.31. The fraction of sp³-hybridized carbons (Fsp3) is 0.556. The van der Waals surface area contributed by atoms with E-state index in [1.54, 1.807) is 11.9 Å². The van der Waals surface area contributed by atoms with Crippen LogP contribution >= 0.6 is 11.6 Å². The number of rotatable bonds is 5. The van der Waals surface area contributed by atoms with Crippen molar-refractivity contribution in [1.82, 2.24) is 9.97 Å². The zero-order chi connectivity index (χ0) is 12.1. The Labute approximate surface area is 98.4 Å². The molecule has 0 aliphatic heterocycles. The van der Waals surface area contributed by atoms with E-state index in [0.717, 1.165) is 12.8 Å². The topological polar surface area (TPSA) is 72.2 Å². The SMILES string of the molecule is CCCCN(C)c1ncnc(Cl)c1[N+](=O)[O-]. The number of aromatic nitrogens is 2. The molecule has 1 aromatic heterocycles. The summed E-state index contributed by atoms with van der Waals surface area (Å²) < 4.78 is 0. The molecule has 0 aromatic carbocycles. The number of nitro groups is 1. The Bertz CT molecular complexity index is 386. The van der Waals surface area contributed by atoms with Gasteiger partial charge in [-0.3, -0.25) is 10.1 Å². The maximum Gasteiger partial charge on any atom is 0.348 e. The summed E-state index contributed by atoms with van der Waals surface area (Å²) in [4.78, 5) is 19.5. The van der Waals surface area contributed by atoms with Crippen molar-refractivity contribution < 1.29 is 4.92 Å². The van der Waals surface area contributed by atoms with Gasteiger partial charge in [0.15, 0.2) is 0 Å². The summed E-state index contributed by atoms with van der Waals surface area (Å²) in [5, 5.41) is 10.7. The second-order valence-electron chi connectivity index (χ2n) is 3.37. The van der Waals surface area contributed by atoms with Crippen molar-refractivity contribution in [2.24, 2.45) is 0 Å². The van der Waals surface area contributed by atoms with Crippen molar-refractivity contribution in [2.75, 3.05) is 18.5 Å². The van der Waals surface area contributed by atoms with Crippen LogP contribution < -0.4 is 4.90 Å². The maximum atomic E-state index is 10.8. The summed E-state index contributed by atoms with van der Waals surface area (Å²) in [5.74, 6) is 0.262. The number of nitrogens with zero attached hydrogens (tertiary/aromatic N) is 4. The van der Waals surface area contributed by atoms with E-state index in [1.807, 2.05) is 0 Å². The summed E-state index contributed by atoms with van der Waals surface area (Å²) in [5.41, 5.74) is -0.234. The molecule has 0 N–H and O–H groups in total. The van der Waals surface area contributed by atoms with Gasteiger partial charge in [-0.25, -0.2) is 9.97 Å². The molecular weight excluding hydrogens is 232 g/mol. The fourth-order valence-electron chi connectivity index (χ4n) is 1.29. The largest absolute Gasteiger partial charge is 0.354 e. The Balaban J connectivity index is 3.02. The van der Waals surface area contributed by atoms with Gasteiger partial charge in [0, 0.05) is 13.6 Å². The lowest BCUT2D eigenvalue weighted by molar-refractivity contribution is -0.384. The molecule has 0 aliphatic rings. The van der Waals surface area contributed by atoms with Gasteiger partial charge in [0.1, 0.15) is 6.33 Å². The molecule has 0 radical (unpaired) electrons. The van der Waals surface area contributed by atoms with Crippen LogP contribution in [-0.4, -0.2) is 28.5 Å². The van der Waals surface area contributed by atoms with Crippen LogP contribution in [0.3, 0.4) is 0 Å². The highest BCUT2D eigenvalue weighted by Crippen LogP contribution is 2.30. The average molecular weight is 245 g/mol. The molecule has 6 nitrogen and oxygen atoms in total. The van der Waals surface area contributed by atoms with Crippen LogP contribution in [0.2, 0.25) is 5.15 Å². The van der Waals surface area contributed by atoms with Crippen molar-refractivity contribution in [2.45, 2.75) is 19.8 Å². The van der Waals surface area contributed by atoms with Crippen LogP contribution in [0.5, 0.6) is 0 Å². The van der Waals surface area contributed by atoms with Crippen LogP contribution in [-0.2, 0) is 0 Å². The predicted octanol–water partition coefficient (Wildman–Crippen LogP) is 2.27. The van der Waals surface area contributed by atoms with E-state index < -0.39 is 4.92 Å². The first-order valence-corrected chi connectivity index (χ1v) is 5.31. The highest BCUT2D eigenvalue weighted by atomic mass is 35.5. The van der Waals surface area contributed by atoms with E-state index in [1.165, 1.54) is 6.33 Å². The molecule has 0 saturated carbocycles. The number of unbranched alkanes of at least 4 members (excludes halogenated alkanes) is 1. The maximum absolute atomic E-state index is 10.8. The van der Waals surface area contributed by atoms with Gasteiger partial charge >= 0.3 is 5.69 Å². The zero-order valence-corrected chi connectivity index (χ0v) is 9.94. The van der Waals surface area contributed by atoms with E-state index in [4.69, 9.17) is 11.6 Å². The Morgan fingerprint density at radius 2 is 2.25 bits per heavy atom. The first-order chi connectivity index (χ1) is 7.57. The van der Waals surface area contributed by atoms with E-state index in [-0.39, 0.29) is 16.7 Å².